The molecule has 0 spiro atoms. The van der Waals surface area contributed by atoms with Crippen molar-refractivity contribution < 1.29 is 32.7 Å². The third kappa shape index (κ3) is 7.34. The van der Waals surface area contributed by atoms with Gasteiger partial charge in [0.05, 0.1) is 23.7 Å². The van der Waals surface area contributed by atoms with E-state index in [1.54, 1.807) is 13.8 Å². The molecule has 2 unspecified atom stereocenters. The summed E-state index contributed by atoms with van der Waals surface area (Å²) >= 11 is 0. The maximum absolute atomic E-state index is 13.1. The molecular formula is C20H27F3N4O4. The second kappa shape index (κ2) is 10.4. The van der Waals surface area contributed by atoms with Crippen LogP contribution >= 0.6 is 0 Å². The summed E-state index contributed by atoms with van der Waals surface area (Å²) in [5.74, 6) is -1.38. The van der Waals surface area contributed by atoms with Crippen molar-refractivity contribution in [3.05, 3.63) is 29.3 Å². The minimum atomic E-state index is -4.62. The molecule has 11 heteroatoms. The van der Waals surface area contributed by atoms with E-state index >= 15 is 0 Å². The Morgan fingerprint density at radius 2 is 1.71 bits per heavy atom. The van der Waals surface area contributed by atoms with Gasteiger partial charge in [0.25, 0.3) is 5.91 Å². The summed E-state index contributed by atoms with van der Waals surface area (Å²) in [4.78, 5) is 35.7. The van der Waals surface area contributed by atoms with Gasteiger partial charge in [-0.25, -0.2) is 4.79 Å². The zero-order valence-corrected chi connectivity index (χ0v) is 17.3. The highest BCUT2D eigenvalue weighted by Crippen LogP contribution is 2.32. The Kier molecular flexibility index (Phi) is 8.12. The zero-order valence-electron chi connectivity index (χ0n) is 17.3. The van der Waals surface area contributed by atoms with E-state index in [0.717, 1.165) is 25.0 Å². The average Bonchev–Trinajstić information content (AvgIpc) is 2.66. The first-order chi connectivity index (χ1) is 14.5. The summed E-state index contributed by atoms with van der Waals surface area (Å²) in [6, 6.07) is 1.83. The number of benzene rings is 1. The number of carboxylic acid groups (broad SMARTS) is 1. The molecule has 3 amide bonds. The number of halogens is 3. The molecule has 1 aliphatic carbocycles. The van der Waals surface area contributed by atoms with E-state index in [1.165, 1.54) is 6.07 Å². The van der Waals surface area contributed by atoms with Gasteiger partial charge in [-0.2, -0.15) is 13.2 Å². The molecule has 0 radical (unpaired) electrons. The SMILES string of the molecule is CC(C)Nc1ccc(C(F)(F)F)cc1C(=O)NCC(=O)NC1CCCCC1NC(=O)O. The summed E-state index contributed by atoms with van der Waals surface area (Å²) in [5.41, 5.74) is -0.973. The molecule has 1 fully saturated rings. The Balaban J connectivity index is 2.05. The molecule has 172 valence electrons. The summed E-state index contributed by atoms with van der Waals surface area (Å²) in [5, 5.41) is 19.2. The number of rotatable bonds is 7. The van der Waals surface area contributed by atoms with Gasteiger partial charge in [-0.1, -0.05) is 12.8 Å². The molecule has 0 bridgehead atoms. The molecule has 1 aliphatic rings. The van der Waals surface area contributed by atoms with Crippen LogP contribution in [-0.2, 0) is 11.0 Å². The first-order valence-corrected chi connectivity index (χ1v) is 10.0. The number of carbonyl (C=O) groups is 3. The Bertz CT molecular complexity index is 814. The zero-order chi connectivity index (χ0) is 23.2. The fraction of sp³-hybridized carbons (Fsp3) is 0.550. The van der Waals surface area contributed by atoms with E-state index in [9.17, 15) is 27.6 Å². The molecule has 8 nitrogen and oxygen atoms in total. The standard InChI is InChI=1S/C20H27F3N4O4/c1-11(2)25-14-8-7-12(20(21,22)23)9-13(14)18(29)24-10-17(28)26-15-5-3-4-6-16(15)27-19(30)31/h7-9,11,15-16,25,27H,3-6,10H2,1-2H3,(H,24,29)(H,26,28)(H,30,31). The predicted octanol–water partition coefficient (Wildman–Crippen LogP) is 2.95. The van der Waals surface area contributed by atoms with Crippen LogP contribution in [0.25, 0.3) is 0 Å². The van der Waals surface area contributed by atoms with Gasteiger partial charge in [0.2, 0.25) is 5.91 Å². The normalized spacial score (nSPS) is 18.9. The third-order valence-corrected chi connectivity index (χ3v) is 4.87. The van der Waals surface area contributed by atoms with Crippen molar-refractivity contribution in [2.45, 2.75) is 63.8 Å². The molecule has 1 aromatic carbocycles. The van der Waals surface area contributed by atoms with E-state index < -0.39 is 48.3 Å². The van der Waals surface area contributed by atoms with Crippen molar-refractivity contribution in [1.82, 2.24) is 16.0 Å². The van der Waals surface area contributed by atoms with Crippen LogP contribution in [0.5, 0.6) is 0 Å². The number of nitrogens with one attached hydrogen (secondary N) is 4. The van der Waals surface area contributed by atoms with Gasteiger partial charge < -0.3 is 26.4 Å². The van der Waals surface area contributed by atoms with Crippen molar-refractivity contribution in [3.63, 3.8) is 0 Å². The molecule has 1 saturated carbocycles. The first-order valence-electron chi connectivity index (χ1n) is 10.0. The average molecular weight is 444 g/mol. The molecule has 0 heterocycles. The van der Waals surface area contributed by atoms with Crippen molar-refractivity contribution in [2.24, 2.45) is 0 Å². The highest BCUT2D eigenvalue weighted by atomic mass is 19.4. The Morgan fingerprint density at radius 3 is 2.26 bits per heavy atom. The summed E-state index contributed by atoms with van der Waals surface area (Å²) < 4.78 is 39.2. The Hall–Kier alpha value is -2.98. The minimum Gasteiger partial charge on any atom is -0.465 e. The molecule has 5 N–H and O–H groups in total. The van der Waals surface area contributed by atoms with Crippen molar-refractivity contribution in [1.29, 1.82) is 0 Å². The van der Waals surface area contributed by atoms with E-state index in [0.29, 0.717) is 12.8 Å². The molecule has 31 heavy (non-hydrogen) atoms. The number of hydrogen-bond donors (Lipinski definition) is 5. The number of alkyl halides is 3. The van der Waals surface area contributed by atoms with Gasteiger partial charge in [0.15, 0.2) is 0 Å². The van der Waals surface area contributed by atoms with Gasteiger partial charge in [-0.15, -0.1) is 0 Å². The van der Waals surface area contributed by atoms with Gasteiger partial charge >= 0.3 is 12.3 Å². The van der Waals surface area contributed by atoms with Crippen LogP contribution in [0.2, 0.25) is 0 Å². The lowest BCUT2D eigenvalue weighted by Crippen LogP contribution is -2.54. The van der Waals surface area contributed by atoms with Gasteiger partial charge in [0, 0.05) is 17.8 Å². The quantitative estimate of drug-likeness (QED) is 0.443. The largest absolute Gasteiger partial charge is 0.465 e. The van der Waals surface area contributed by atoms with E-state index in [1.807, 2.05) is 0 Å². The first kappa shape index (κ1) is 24.3. The molecular weight excluding hydrogens is 417 g/mol. The van der Waals surface area contributed by atoms with Gasteiger partial charge in [-0.05, 0) is 44.9 Å². The van der Waals surface area contributed by atoms with Crippen LogP contribution in [0, 0.1) is 0 Å². The summed E-state index contributed by atoms with van der Waals surface area (Å²) in [7, 11) is 0. The molecule has 2 rings (SSSR count). The van der Waals surface area contributed by atoms with Crippen LogP contribution in [-0.4, -0.2) is 47.7 Å². The number of amides is 3. The van der Waals surface area contributed by atoms with Gasteiger partial charge in [0.1, 0.15) is 0 Å². The number of anilines is 1. The highest BCUT2D eigenvalue weighted by Gasteiger charge is 2.32. The fourth-order valence-corrected chi connectivity index (χ4v) is 3.49. The van der Waals surface area contributed by atoms with E-state index in [4.69, 9.17) is 5.11 Å². The number of carbonyl (C=O) groups excluding carboxylic acids is 2. The highest BCUT2D eigenvalue weighted by molar-refractivity contribution is 6.01. The van der Waals surface area contributed by atoms with Crippen LogP contribution in [0.4, 0.5) is 23.7 Å². The van der Waals surface area contributed by atoms with Crippen LogP contribution in [0.3, 0.4) is 0 Å². The topological polar surface area (TPSA) is 120 Å². The Morgan fingerprint density at radius 1 is 1.10 bits per heavy atom. The van der Waals surface area contributed by atoms with E-state index in [-0.39, 0.29) is 17.3 Å². The maximum atomic E-state index is 13.1. The smallest absolute Gasteiger partial charge is 0.416 e. The number of hydrogen-bond acceptors (Lipinski definition) is 4. The van der Waals surface area contributed by atoms with Crippen LogP contribution in [0.1, 0.15) is 55.5 Å². The van der Waals surface area contributed by atoms with Crippen molar-refractivity contribution in [2.75, 3.05) is 11.9 Å². The monoisotopic (exact) mass is 444 g/mol. The van der Waals surface area contributed by atoms with Crippen LogP contribution < -0.4 is 21.3 Å². The van der Waals surface area contributed by atoms with E-state index in [2.05, 4.69) is 21.3 Å². The summed E-state index contributed by atoms with van der Waals surface area (Å²) in [6.07, 6.45) is -2.98. The third-order valence-electron chi connectivity index (χ3n) is 4.87. The second-order valence-electron chi connectivity index (χ2n) is 7.75. The molecule has 0 aliphatic heterocycles. The second-order valence-corrected chi connectivity index (χ2v) is 7.75. The summed E-state index contributed by atoms with van der Waals surface area (Å²) in [6.45, 7) is 3.10. The molecule has 2 atom stereocenters. The predicted molar refractivity (Wildman–Crippen MR) is 108 cm³/mol. The van der Waals surface area contributed by atoms with Crippen molar-refractivity contribution >= 4 is 23.6 Å². The molecule has 0 aromatic heterocycles. The van der Waals surface area contributed by atoms with Crippen molar-refractivity contribution in [3.8, 4) is 0 Å². The Labute approximate surface area is 178 Å². The fourth-order valence-electron chi connectivity index (χ4n) is 3.49. The molecule has 1 aromatic rings. The lowest BCUT2D eigenvalue weighted by Gasteiger charge is -2.32. The van der Waals surface area contributed by atoms with Crippen LogP contribution in [0.15, 0.2) is 18.2 Å². The lowest BCUT2D eigenvalue weighted by atomic mass is 9.90. The molecule has 0 saturated heterocycles. The van der Waals surface area contributed by atoms with Gasteiger partial charge in [-0.3, -0.25) is 9.59 Å². The maximum Gasteiger partial charge on any atom is 0.416 e. The lowest BCUT2D eigenvalue weighted by molar-refractivity contribution is -0.137. The minimum absolute atomic E-state index is 0.128.